The van der Waals surface area contributed by atoms with Gasteiger partial charge in [-0.15, -0.1) is 0 Å². The van der Waals surface area contributed by atoms with Gasteiger partial charge in [0, 0.05) is 13.6 Å². The summed E-state index contributed by atoms with van der Waals surface area (Å²) < 4.78 is 4.73. The molecular formula is C9H20N2O3. The molecule has 84 valence electrons. The van der Waals surface area contributed by atoms with Crippen LogP contribution in [0.1, 0.15) is 6.42 Å². The summed E-state index contributed by atoms with van der Waals surface area (Å²) in [7, 11) is 5.67. The monoisotopic (exact) mass is 204 g/mol. The van der Waals surface area contributed by atoms with Crippen LogP contribution in [0.5, 0.6) is 0 Å². The maximum atomic E-state index is 11.2. The first-order valence-corrected chi connectivity index (χ1v) is 4.71. The van der Waals surface area contributed by atoms with E-state index in [-0.39, 0.29) is 19.3 Å². The number of rotatable bonds is 6. The van der Waals surface area contributed by atoms with E-state index in [2.05, 4.69) is 4.90 Å². The average molecular weight is 204 g/mol. The second-order valence-electron chi connectivity index (χ2n) is 3.42. The summed E-state index contributed by atoms with van der Waals surface area (Å²) in [6.45, 7) is 1.55. The molecule has 0 bridgehead atoms. The van der Waals surface area contributed by atoms with Gasteiger partial charge in [-0.25, -0.2) is 4.79 Å². The third-order valence-electron chi connectivity index (χ3n) is 1.73. The SMILES string of the molecule is CN(C)CCCN(C)C(=O)OCCO. The standard InChI is InChI=1S/C9H20N2O3/c1-10(2)5-4-6-11(3)9(13)14-8-7-12/h12H,4-8H2,1-3H3. The number of aliphatic hydroxyl groups is 1. The lowest BCUT2D eigenvalue weighted by molar-refractivity contribution is 0.0902. The lowest BCUT2D eigenvalue weighted by Crippen LogP contribution is -2.30. The molecule has 14 heavy (non-hydrogen) atoms. The lowest BCUT2D eigenvalue weighted by atomic mass is 10.4. The Kier molecular flexibility index (Phi) is 7.14. The quantitative estimate of drug-likeness (QED) is 0.661. The smallest absolute Gasteiger partial charge is 0.409 e. The van der Waals surface area contributed by atoms with Crippen molar-refractivity contribution in [3.8, 4) is 0 Å². The molecule has 0 aromatic carbocycles. The molecule has 5 heteroatoms. The van der Waals surface area contributed by atoms with Crippen molar-refractivity contribution < 1.29 is 14.6 Å². The van der Waals surface area contributed by atoms with Gasteiger partial charge in [0.1, 0.15) is 6.61 Å². The average Bonchev–Trinajstić information content (AvgIpc) is 2.13. The van der Waals surface area contributed by atoms with E-state index < -0.39 is 0 Å². The molecule has 0 heterocycles. The fourth-order valence-electron chi connectivity index (χ4n) is 0.959. The van der Waals surface area contributed by atoms with E-state index in [1.54, 1.807) is 7.05 Å². The number of carbonyl (C=O) groups excluding carboxylic acids is 1. The Morgan fingerprint density at radius 1 is 1.29 bits per heavy atom. The third-order valence-corrected chi connectivity index (χ3v) is 1.73. The highest BCUT2D eigenvalue weighted by Gasteiger charge is 2.08. The Bertz CT molecular complexity index is 162. The fraction of sp³-hybridized carbons (Fsp3) is 0.889. The van der Waals surface area contributed by atoms with E-state index in [4.69, 9.17) is 9.84 Å². The molecule has 0 atom stereocenters. The molecule has 0 radical (unpaired) electrons. The van der Waals surface area contributed by atoms with Crippen molar-refractivity contribution in [2.45, 2.75) is 6.42 Å². The summed E-state index contributed by atoms with van der Waals surface area (Å²) in [6, 6.07) is 0. The van der Waals surface area contributed by atoms with Crippen molar-refractivity contribution in [2.24, 2.45) is 0 Å². The molecule has 1 N–H and O–H groups in total. The van der Waals surface area contributed by atoms with Crippen molar-refractivity contribution in [1.82, 2.24) is 9.80 Å². The molecule has 0 aliphatic rings. The van der Waals surface area contributed by atoms with Crippen LogP contribution in [-0.4, -0.2) is 68.4 Å². The molecule has 0 saturated carbocycles. The van der Waals surface area contributed by atoms with Gasteiger partial charge in [0.15, 0.2) is 0 Å². The number of nitrogens with zero attached hydrogens (tertiary/aromatic N) is 2. The van der Waals surface area contributed by atoms with Crippen molar-refractivity contribution >= 4 is 6.09 Å². The van der Waals surface area contributed by atoms with Gasteiger partial charge < -0.3 is 19.6 Å². The van der Waals surface area contributed by atoms with E-state index in [1.807, 2.05) is 14.1 Å². The van der Waals surface area contributed by atoms with Gasteiger partial charge in [-0.3, -0.25) is 0 Å². The summed E-state index contributed by atoms with van der Waals surface area (Å²) in [5, 5.41) is 8.44. The van der Waals surface area contributed by atoms with Gasteiger partial charge in [0.25, 0.3) is 0 Å². The van der Waals surface area contributed by atoms with Crippen LogP contribution < -0.4 is 0 Å². The minimum Gasteiger partial charge on any atom is -0.447 e. The Labute approximate surface area is 85.2 Å². The summed E-state index contributed by atoms with van der Waals surface area (Å²) in [5.74, 6) is 0. The number of ether oxygens (including phenoxy) is 1. The van der Waals surface area contributed by atoms with Crippen LogP contribution in [0.4, 0.5) is 4.79 Å². The number of amides is 1. The highest BCUT2D eigenvalue weighted by Crippen LogP contribution is 1.93. The highest BCUT2D eigenvalue weighted by molar-refractivity contribution is 5.67. The molecule has 0 saturated heterocycles. The zero-order chi connectivity index (χ0) is 11.0. The summed E-state index contributed by atoms with van der Waals surface area (Å²) in [6.07, 6.45) is 0.537. The van der Waals surface area contributed by atoms with E-state index in [0.717, 1.165) is 13.0 Å². The van der Waals surface area contributed by atoms with Crippen LogP contribution in [0.2, 0.25) is 0 Å². The zero-order valence-electron chi connectivity index (χ0n) is 9.19. The second kappa shape index (κ2) is 7.58. The number of carbonyl (C=O) groups is 1. The van der Waals surface area contributed by atoms with Crippen LogP contribution in [0.3, 0.4) is 0 Å². The molecule has 0 fully saturated rings. The maximum Gasteiger partial charge on any atom is 0.409 e. The largest absolute Gasteiger partial charge is 0.447 e. The van der Waals surface area contributed by atoms with Crippen molar-refractivity contribution in [3.63, 3.8) is 0 Å². The predicted molar refractivity (Wildman–Crippen MR) is 54.2 cm³/mol. The lowest BCUT2D eigenvalue weighted by Gasteiger charge is -2.17. The minimum absolute atomic E-state index is 0.0663. The Morgan fingerprint density at radius 3 is 2.43 bits per heavy atom. The molecule has 0 rings (SSSR count). The summed E-state index contributed by atoms with van der Waals surface area (Å²) in [4.78, 5) is 14.7. The second-order valence-corrected chi connectivity index (χ2v) is 3.42. The third kappa shape index (κ3) is 6.68. The van der Waals surface area contributed by atoms with Gasteiger partial charge >= 0.3 is 6.09 Å². The number of hydrogen-bond acceptors (Lipinski definition) is 4. The van der Waals surface area contributed by atoms with Gasteiger partial charge in [-0.1, -0.05) is 0 Å². The first-order valence-electron chi connectivity index (χ1n) is 4.71. The van der Waals surface area contributed by atoms with E-state index in [1.165, 1.54) is 4.90 Å². The topological polar surface area (TPSA) is 53.0 Å². The molecule has 5 nitrogen and oxygen atoms in total. The normalized spacial score (nSPS) is 10.4. The van der Waals surface area contributed by atoms with Gasteiger partial charge in [-0.05, 0) is 27.1 Å². The maximum absolute atomic E-state index is 11.2. The molecule has 0 spiro atoms. The molecule has 0 aromatic heterocycles. The number of aliphatic hydroxyl groups excluding tert-OH is 1. The minimum atomic E-state index is -0.377. The zero-order valence-corrected chi connectivity index (χ0v) is 9.19. The summed E-state index contributed by atoms with van der Waals surface area (Å²) >= 11 is 0. The van der Waals surface area contributed by atoms with Crippen LogP contribution in [0.15, 0.2) is 0 Å². The van der Waals surface area contributed by atoms with Crippen molar-refractivity contribution in [1.29, 1.82) is 0 Å². The molecular weight excluding hydrogens is 184 g/mol. The first kappa shape index (κ1) is 13.2. The van der Waals surface area contributed by atoms with Gasteiger partial charge in [0.2, 0.25) is 0 Å². The van der Waals surface area contributed by atoms with Crippen LogP contribution in [0, 0.1) is 0 Å². The Balaban J connectivity index is 3.51. The Morgan fingerprint density at radius 2 is 1.93 bits per heavy atom. The molecule has 0 aliphatic carbocycles. The predicted octanol–water partition coefficient (Wildman–Crippen LogP) is -0.00120. The van der Waals surface area contributed by atoms with Crippen molar-refractivity contribution in [2.75, 3.05) is 47.4 Å². The van der Waals surface area contributed by atoms with E-state index in [9.17, 15) is 4.79 Å². The fourth-order valence-corrected chi connectivity index (χ4v) is 0.959. The van der Waals surface area contributed by atoms with Crippen LogP contribution in [0.25, 0.3) is 0 Å². The van der Waals surface area contributed by atoms with Crippen LogP contribution in [-0.2, 0) is 4.74 Å². The van der Waals surface area contributed by atoms with Crippen LogP contribution >= 0.6 is 0 Å². The number of hydrogen-bond donors (Lipinski definition) is 1. The first-order chi connectivity index (χ1) is 6.57. The molecule has 0 aliphatic heterocycles. The van der Waals surface area contributed by atoms with Gasteiger partial charge in [0.05, 0.1) is 6.61 Å². The van der Waals surface area contributed by atoms with Gasteiger partial charge in [-0.2, -0.15) is 0 Å². The Hall–Kier alpha value is -0.810. The molecule has 0 aromatic rings. The van der Waals surface area contributed by atoms with E-state index >= 15 is 0 Å². The molecule has 0 unspecified atom stereocenters. The summed E-state index contributed by atoms with van der Waals surface area (Å²) in [5.41, 5.74) is 0. The highest BCUT2D eigenvalue weighted by atomic mass is 16.6. The van der Waals surface area contributed by atoms with E-state index in [0.29, 0.717) is 6.54 Å². The molecule has 1 amide bonds. The van der Waals surface area contributed by atoms with Crippen molar-refractivity contribution in [3.05, 3.63) is 0 Å².